The Balaban J connectivity index is 1.20. The van der Waals surface area contributed by atoms with Crippen LogP contribution < -0.4 is 5.32 Å². The summed E-state index contributed by atoms with van der Waals surface area (Å²) in [5.74, 6) is 3.61. The van der Waals surface area contributed by atoms with Crippen LogP contribution in [0.2, 0.25) is 0 Å². The fourth-order valence-corrected chi connectivity index (χ4v) is 7.32. The number of fused-ring (bicyclic) bond motifs is 1. The molecule has 2 atom stereocenters. The molecule has 4 aliphatic rings. The van der Waals surface area contributed by atoms with Gasteiger partial charge in [-0.15, -0.1) is 10.2 Å². The lowest BCUT2D eigenvalue weighted by Crippen LogP contribution is -2.61. The number of hydrogen-bond acceptors (Lipinski definition) is 4. The minimum atomic E-state index is 0.0893. The number of nitrogens with one attached hydrogen (secondary N) is 2. The first-order chi connectivity index (χ1) is 15.7. The van der Waals surface area contributed by atoms with Gasteiger partial charge in [0.15, 0.2) is 0 Å². The number of rotatable bonds is 4. The molecule has 160 valence electrons. The van der Waals surface area contributed by atoms with Crippen LogP contribution in [0.15, 0.2) is 66.7 Å². The third-order valence-electron chi connectivity index (χ3n) is 8.08. The van der Waals surface area contributed by atoms with Gasteiger partial charge in [0.25, 0.3) is 0 Å². The van der Waals surface area contributed by atoms with Gasteiger partial charge >= 0.3 is 0 Å². The van der Waals surface area contributed by atoms with Gasteiger partial charge in [0, 0.05) is 16.5 Å². The molecule has 4 bridgehead atoms. The van der Waals surface area contributed by atoms with Crippen LogP contribution in [0, 0.1) is 11.8 Å². The minimum Gasteiger partial charge on any atom is -0.363 e. The van der Waals surface area contributed by atoms with Crippen LogP contribution in [-0.4, -0.2) is 25.7 Å². The molecule has 2 aromatic heterocycles. The first-order valence-electron chi connectivity index (χ1n) is 11.8. The number of benzene rings is 2. The molecular weight excluding hydrogens is 394 g/mol. The molecule has 0 aliphatic heterocycles. The Labute approximate surface area is 187 Å². The van der Waals surface area contributed by atoms with Crippen LogP contribution in [0.25, 0.3) is 22.3 Å². The van der Waals surface area contributed by atoms with Crippen molar-refractivity contribution >= 4 is 16.9 Å². The molecule has 2 aromatic carbocycles. The molecule has 5 nitrogen and oxygen atoms in total. The number of aromatic nitrogens is 4. The fraction of sp³-hybridized carbons (Fsp3) is 0.370. The van der Waals surface area contributed by atoms with E-state index in [0.717, 1.165) is 46.4 Å². The molecule has 4 saturated carbocycles. The molecule has 32 heavy (non-hydrogen) atoms. The van der Waals surface area contributed by atoms with Crippen molar-refractivity contribution in [3.8, 4) is 11.3 Å². The Morgan fingerprint density at radius 1 is 0.812 bits per heavy atom. The summed E-state index contributed by atoms with van der Waals surface area (Å²) in [6.45, 7) is 0. The number of nitrogens with zero attached hydrogens (tertiary/aromatic N) is 3. The highest BCUT2D eigenvalue weighted by Gasteiger charge is 2.59. The normalized spacial score (nSPS) is 30.6. The third-order valence-corrected chi connectivity index (χ3v) is 8.08. The summed E-state index contributed by atoms with van der Waals surface area (Å²) in [4.78, 5) is 8.77. The van der Waals surface area contributed by atoms with Crippen LogP contribution in [0.5, 0.6) is 0 Å². The van der Waals surface area contributed by atoms with E-state index < -0.39 is 0 Å². The van der Waals surface area contributed by atoms with Crippen LogP contribution >= 0.6 is 0 Å². The molecule has 2 heterocycles. The van der Waals surface area contributed by atoms with Crippen LogP contribution in [0.3, 0.4) is 0 Å². The van der Waals surface area contributed by atoms with Crippen LogP contribution in [0.4, 0.5) is 5.82 Å². The van der Waals surface area contributed by atoms with Crippen molar-refractivity contribution in [1.82, 2.24) is 20.2 Å². The second-order valence-corrected chi connectivity index (χ2v) is 10.4. The predicted octanol–water partition coefficient (Wildman–Crippen LogP) is 5.72. The number of hydrogen-bond donors (Lipinski definition) is 2. The average Bonchev–Trinajstić information content (AvgIpc) is 3.25. The van der Waals surface area contributed by atoms with Gasteiger partial charge in [-0.05, 0) is 74.6 Å². The second-order valence-electron chi connectivity index (χ2n) is 10.4. The van der Waals surface area contributed by atoms with Gasteiger partial charge in [-0.25, -0.2) is 4.98 Å². The first-order valence-corrected chi connectivity index (χ1v) is 11.8. The van der Waals surface area contributed by atoms with E-state index >= 15 is 0 Å². The quantitative estimate of drug-likeness (QED) is 0.442. The van der Waals surface area contributed by atoms with E-state index in [1.165, 1.54) is 37.9 Å². The minimum absolute atomic E-state index is 0.0893. The highest BCUT2D eigenvalue weighted by atomic mass is 15.2. The van der Waals surface area contributed by atoms with E-state index in [4.69, 9.17) is 4.98 Å². The van der Waals surface area contributed by atoms with Gasteiger partial charge in [-0.2, -0.15) is 0 Å². The second kappa shape index (κ2) is 6.64. The Hall–Kier alpha value is -3.21. The molecule has 8 rings (SSSR count). The maximum atomic E-state index is 5.07. The van der Waals surface area contributed by atoms with Crippen LogP contribution in [-0.2, 0) is 5.41 Å². The molecular formula is C27H27N5. The maximum absolute atomic E-state index is 5.07. The van der Waals surface area contributed by atoms with Crippen molar-refractivity contribution in [1.29, 1.82) is 0 Å². The Bertz CT molecular complexity index is 1230. The first kappa shape index (κ1) is 18.4. The van der Waals surface area contributed by atoms with Gasteiger partial charge < -0.3 is 10.3 Å². The standard InChI is InChI=1S/C27H27N5/c1-2-6-20(7-3-1)21-10-11-24(32-31-21)30-27-15-18-12-19(16-27)14-26(13-18,17-27)25-28-22-8-4-5-9-23(22)29-25/h1-11,18-19H,12-17H2,(H,28,29)(H,30,32). The molecule has 0 saturated heterocycles. The number of aromatic amines is 1. The van der Waals surface area contributed by atoms with E-state index in [1.807, 2.05) is 18.2 Å². The zero-order chi connectivity index (χ0) is 21.2. The molecule has 4 aliphatic carbocycles. The van der Waals surface area contributed by atoms with Gasteiger partial charge in [0.1, 0.15) is 11.6 Å². The summed E-state index contributed by atoms with van der Waals surface area (Å²) < 4.78 is 0. The molecule has 5 heteroatoms. The zero-order valence-electron chi connectivity index (χ0n) is 18.1. The van der Waals surface area contributed by atoms with Crippen LogP contribution in [0.1, 0.15) is 44.3 Å². The zero-order valence-corrected chi connectivity index (χ0v) is 18.1. The predicted molar refractivity (Wildman–Crippen MR) is 126 cm³/mol. The summed E-state index contributed by atoms with van der Waals surface area (Å²) in [6, 6.07) is 22.9. The summed E-state index contributed by atoms with van der Waals surface area (Å²) in [7, 11) is 0. The smallest absolute Gasteiger partial charge is 0.149 e. The molecule has 0 radical (unpaired) electrons. The monoisotopic (exact) mass is 421 g/mol. The van der Waals surface area contributed by atoms with E-state index in [9.17, 15) is 0 Å². The Morgan fingerprint density at radius 3 is 2.34 bits per heavy atom. The number of para-hydroxylation sites is 2. The van der Waals surface area contributed by atoms with E-state index in [1.54, 1.807) is 0 Å². The SMILES string of the molecule is c1ccc(-c2ccc(NC34CC5CC(C3)CC(c3nc6ccccc6[nH]3)(C5)C4)nn2)cc1. The van der Waals surface area contributed by atoms with Crippen molar-refractivity contribution in [2.45, 2.75) is 49.5 Å². The molecule has 2 N–H and O–H groups in total. The van der Waals surface area contributed by atoms with E-state index in [2.05, 4.69) is 69.0 Å². The topological polar surface area (TPSA) is 66.5 Å². The lowest BCUT2D eigenvalue weighted by Gasteiger charge is -2.61. The molecule has 4 aromatic rings. The van der Waals surface area contributed by atoms with Crippen molar-refractivity contribution < 1.29 is 0 Å². The van der Waals surface area contributed by atoms with Gasteiger partial charge in [0.05, 0.1) is 16.7 Å². The molecule has 4 fully saturated rings. The Morgan fingerprint density at radius 2 is 1.59 bits per heavy atom. The lowest BCUT2D eigenvalue weighted by molar-refractivity contribution is -0.0169. The number of H-pyrrole nitrogens is 1. The summed E-state index contributed by atoms with van der Waals surface area (Å²) in [5, 5.41) is 13.0. The highest BCUT2D eigenvalue weighted by Crippen LogP contribution is 2.62. The van der Waals surface area contributed by atoms with Gasteiger partial charge in [-0.3, -0.25) is 0 Å². The third kappa shape index (κ3) is 2.87. The molecule has 0 spiro atoms. The number of imidazole rings is 1. The lowest BCUT2D eigenvalue weighted by atomic mass is 9.46. The average molecular weight is 422 g/mol. The highest BCUT2D eigenvalue weighted by molar-refractivity contribution is 5.75. The fourth-order valence-electron chi connectivity index (χ4n) is 7.32. The van der Waals surface area contributed by atoms with Crippen molar-refractivity contribution in [2.24, 2.45) is 11.8 Å². The van der Waals surface area contributed by atoms with E-state index in [0.29, 0.717) is 0 Å². The van der Waals surface area contributed by atoms with Crippen molar-refractivity contribution in [2.75, 3.05) is 5.32 Å². The van der Waals surface area contributed by atoms with Crippen molar-refractivity contribution in [3.63, 3.8) is 0 Å². The number of anilines is 1. The van der Waals surface area contributed by atoms with E-state index in [-0.39, 0.29) is 11.0 Å². The van der Waals surface area contributed by atoms with Gasteiger partial charge in [-0.1, -0.05) is 42.5 Å². The molecule has 0 amide bonds. The Kier molecular flexibility index (Phi) is 3.81. The largest absolute Gasteiger partial charge is 0.363 e. The molecule has 2 unspecified atom stereocenters. The summed E-state index contributed by atoms with van der Waals surface area (Å²) in [6.07, 6.45) is 7.46. The maximum Gasteiger partial charge on any atom is 0.149 e. The summed E-state index contributed by atoms with van der Waals surface area (Å²) in [5.41, 5.74) is 4.50. The van der Waals surface area contributed by atoms with Crippen molar-refractivity contribution in [3.05, 3.63) is 72.6 Å². The summed E-state index contributed by atoms with van der Waals surface area (Å²) >= 11 is 0. The van der Waals surface area contributed by atoms with Gasteiger partial charge in [0.2, 0.25) is 0 Å².